The summed E-state index contributed by atoms with van der Waals surface area (Å²) in [4.78, 5) is 0. The van der Waals surface area contributed by atoms with Gasteiger partial charge in [-0.1, -0.05) is 20.3 Å². The zero-order valence-corrected chi connectivity index (χ0v) is 12.3. The molecule has 0 rings (SSSR count). The molecule has 3 nitrogen and oxygen atoms in total. The van der Waals surface area contributed by atoms with Gasteiger partial charge in [0.1, 0.15) is 0 Å². The number of hydrogen-bond donors (Lipinski definition) is 1. The van der Waals surface area contributed by atoms with Gasteiger partial charge in [-0.25, -0.2) is 0 Å². The number of hydrogen-bond acceptors (Lipinski definition) is 3. The van der Waals surface area contributed by atoms with E-state index in [0.29, 0.717) is 6.10 Å². The van der Waals surface area contributed by atoms with Crippen LogP contribution in [-0.2, 0) is 9.47 Å². The van der Waals surface area contributed by atoms with Crippen molar-refractivity contribution in [1.29, 1.82) is 0 Å². The van der Waals surface area contributed by atoms with Crippen molar-refractivity contribution < 1.29 is 9.47 Å². The highest BCUT2D eigenvalue weighted by Gasteiger charge is 2.17. The van der Waals surface area contributed by atoms with Crippen LogP contribution in [-0.4, -0.2) is 38.5 Å². The van der Waals surface area contributed by atoms with Crippen LogP contribution in [0, 0.1) is 0 Å². The molecule has 1 atom stereocenters. The summed E-state index contributed by atoms with van der Waals surface area (Å²) in [5, 5.41) is 3.43. The van der Waals surface area contributed by atoms with Gasteiger partial charge in [-0.2, -0.15) is 0 Å². The molecule has 17 heavy (non-hydrogen) atoms. The third-order valence-electron chi connectivity index (χ3n) is 3.02. The second-order valence-corrected chi connectivity index (χ2v) is 5.20. The molecule has 0 heterocycles. The zero-order chi connectivity index (χ0) is 13.1. The molecule has 0 aromatic carbocycles. The topological polar surface area (TPSA) is 30.5 Å². The summed E-state index contributed by atoms with van der Waals surface area (Å²) < 4.78 is 11.3. The fraction of sp³-hybridized carbons (Fsp3) is 1.00. The largest absolute Gasteiger partial charge is 0.379 e. The molecule has 0 spiro atoms. The lowest BCUT2D eigenvalue weighted by Crippen LogP contribution is -2.32. The first-order valence-electron chi connectivity index (χ1n) is 6.93. The summed E-state index contributed by atoms with van der Waals surface area (Å²) >= 11 is 0. The molecule has 1 N–H and O–H groups in total. The van der Waals surface area contributed by atoms with E-state index in [1.807, 2.05) is 0 Å². The molecular formula is C14H31NO2. The first kappa shape index (κ1) is 16.9. The van der Waals surface area contributed by atoms with Crippen molar-refractivity contribution in [2.75, 3.05) is 26.8 Å². The van der Waals surface area contributed by atoms with Crippen LogP contribution in [0.1, 0.15) is 53.4 Å². The second kappa shape index (κ2) is 9.86. The molecule has 0 saturated carbocycles. The van der Waals surface area contributed by atoms with E-state index in [2.05, 4.69) is 33.0 Å². The van der Waals surface area contributed by atoms with Gasteiger partial charge in [-0.15, -0.1) is 0 Å². The van der Waals surface area contributed by atoms with E-state index in [1.165, 1.54) is 12.8 Å². The Balaban J connectivity index is 3.76. The van der Waals surface area contributed by atoms with Crippen molar-refractivity contribution in [2.24, 2.45) is 0 Å². The Kier molecular flexibility index (Phi) is 9.79. The fourth-order valence-electron chi connectivity index (χ4n) is 1.58. The molecule has 0 aliphatic heterocycles. The molecule has 0 aromatic heterocycles. The second-order valence-electron chi connectivity index (χ2n) is 5.20. The Labute approximate surface area is 107 Å². The molecule has 1 unspecified atom stereocenters. The monoisotopic (exact) mass is 245 g/mol. The van der Waals surface area contributed by atoms with Gasteiger partial charge in [0, 0.05) is 20.3 Å². The van der Waals surface area contributed by atoms with Crippen molar-refractivity contribution in [3.8, 4) is 0 Å². The van der Waals surface area contributed by atoms with E-state index in [-0.39, 0.29) is 5.60 Å². The smallest absolute Gasteiger partial charge is 0.0699 e. The van der Waals surface area contributed by atoms with Crippen molar-refractivity contribution >= 4 is 0 Å². The summed E-state index contributed by atoms with van der Waals surface area (Å²) in [5.74, 6) is 0. The molecule has 3 heteroatoms. The van der Waals surface area contributed by atoms with Crippen LogP contribution in [0.15, 0.2) is 0 Å². The summed E-state index contributed by atoms with van der Waals surface area (Å²) in [7, 11) is 1.76. The molecule has 0 fully saturated rings. The lowest BCUT2D eigenvalue weighted by atomic mass is 10.1. The van der Waals surface area contributed by atoms with Crippen LogP contribution >= 0.6 is 0 Å². The number of methoxy groups -OCH3 is 1. The summed E-state index contributed by atoms with van der Waals surface area (Å²) in [6, 6.07) is 0. The molecular weight excluding hydrogens is 214 g/mol. The summed E-state index contributed by atoms with van der Waals surface area (Å²) in [6.07, 6.45) is 4.77. The Morgan fingerprint density at radius 3 is 2.41 bits per heavy atom. The number of ether oxygens (including phenoxy) is 2. The molecule has 0 amide bonds. The third kappa shape index (κ3) is 9.57. The van der Waals surface area contributed by atoms with Gasteiger partial charge in [0.25, 0.3) is 0 Å². The molecule has 0 aromatic rings. The van der Waals surface area contributed by atoms with Gasteiger partial charge in [-0.05, 0) is 39.7 Å². The SMILES string of the molecule is CCCNCC(CCC)OCCC(C)(C)OC. The molecule has 0 radical (unpaired) electrons. The zero-order valence-electron chi connectivity index (χ0n) is 12.3. The lowest BCUT2D eigenvalue weighted by molar-refractivity contribution is -0.0280. The van der Waals surface area contributed by atoms with Crippen LogP contribution < -0.4 is 5.32 Å². The van der Waals surface area contributed by atoms with Crippen molar-refractivity contribution in [1.82, 2.24) is 5.32 Å². The maximum atomic E-state index is 5.92. The van der Waals surface area contributed by atoms with Gasteiger partial charge >= 0.3 is 0 Å². The minimum atomic E-state index is -0.0758. The van der Waals surface area contributed by atoms with Gasteiger partial charge in [0.2, 0.25) is 0 Å². The highest BCUT2D eigenvalue weighted by Crippen LogP contribution is 2.13. The fourth-order valence-corrected chi connectivity index (χ4v) is 1.58. The van der Waals surface area contributed by atoms with E-state index in [9.17, 15) is 0 Å². The van der Waals surface area contributed by atoms with E-state index < -0.39 is 0 Å². The minimum Gasteiger partial charge on any atom is -0.379 e. The molecule has 0 aliphatic carbocycles. The third-order valence-corrected chi connectivity index (χ3v) is 3.02. The van der Waals surface area contributed by atoms with Crippen molar-refractivity contribution in [3.63, 3.8) is 0 Å². The quantitative estimate of drug-likeness (QED) is 0.568. The Bertz CT molecular complexity index is 172. The van der Waals surface area contributed by atoms with E-state index in [4.69, 9.17) is 9.47 Å². The number of rotatable bonds is 11. The Morgan fingerprint density at radius 2 is 1.88 bits per heavy atom. The van der Waals surface area contributed by atoms with Crippen LogP contribution in [0.5, 0.6) is 0 Å². The maximum absolute atomic E-state index is 5.92. The normalized spacial score (nSPS) is 13.9. The maximum Gasteiger partial charge on any atom is 0.0699 e. The first-order chi connectivity index (χ1) is 8.05. The van der Waals surface area contributed by atoms with Gasteiger partial charge in [0.15, 0.2) is 0 Å². The molecule has 0 aliphatic rings. The first-order valence-corrected chi connectivity index (χ1v) is 6.93. The van der Waals surface area contributed by atoms with E-state index in [1.54, 1.807) is 7.11 Å². The van der Waals surface area contributed by atoms with Crippen LogP contribution in [0.4, 0.5) is 0 Å². The Morgan fingerprint density at radius 1 is 1.18 bits per heavy atom. The van der Waals surface area contributed by atoms with Gasteiger partial charge < -0.3 is 14.8 Å². The predicted molar refractivity (Wildman–Crippen MR) is 73.5 cm³/mol. The lowest BCUT2D eigenvalue weighted by Gasteiger charge is -2.24. The molecule has 104 valence electrons. The average Bonchev–Trinajstić information content (AvgIpc) is 2.29. The summed E-state index contributed by atoms with van der Waals surface area (Å²) in [6.45, 7) is 11.4. The predicted octanol–water partition coefficient (Wildman–Crippen LogP) is 2.99. The highest BCUT2D eigenvalue weighted by molar-refractivity contribution is 4.68. The average molecular weight is 245 g/mol. The van der Waals surface area contributed by atoms with Crippen molar-refractivity contribution in [3.05, 3.63) is 0 Å². The Hall–Kier alpha value is -0.120. The van der Waals surface area contributed by atoms with Crippen LogP contribution in [0.25, 0.3) is 0 Å². The molecule has 0 bridgehead atoms. The van der Waals surface area contributed by atoms with E-state index >= 15 is 0 Å². The standard InChI is InChI=1S/C14H31NO2/c1-6-8-13(12-15-10-7-2)17-11-9-14(3,4)16-5/h13,15H,6-12H2,1-5H3. The van der Waals surface area contributed by atoms with Crippen molar-refractivity contribution in [2.45, 2.75) is 65.1 Å². The van der Waals surface area contributed by atoms with E-state index in [0.717, 1.165) is 32.5 Å². The van der Waals surface area contributed by atoms with Crippen LogP contribution in [0.3, 0.4) is 0 Å². The van der Waals surface area contributed by atoms with Gasteiger partial charge in [0.05, 0.1) is 11.7 Å². The van der Waals surface area contributed by atoms with Crippen LogP contribution in [0.2, 0.25) is 0 Å². The number of nitrogens with one attached hydrogen (secondary N) is 1. The summed E-state index contributed by atoms with van der Waals surface area (Å²) in [5.41, 5.74) is -0.0758. The molecule has 0 saturated heterocycles. The van der Waals surface area contributed by atoms with Gasteiger partial charge in [-0.3, -0.25) is 0 Å². The highest BCUT2D eigenvalue weighted by atomic mass is 16.5. The minimum absolute atomic E-state index is 0.0758.